The van der Waals surface area contributed by atoms with E-state index in [-0.39, 0.29) is 17.4 Å². The van der Waals surface area contributed by atoms with Gasteiger partial charge in [-0.1, -0.05) is 20.8 Å². The lowest BCUT2D eigenvalue weighted by Crippen LogP contribution is -2.51. The van der Waals surface area contributed by atoms with Crippen molar-refractivity contribution in [2.75, 3.05) is 39.8 Å². The molecule has 1 saturated heterocycles. The maximum absolute atomic E-state index is 12.5. The van der Waals surface area contributed by atoms with E-state index in [1.165, 1.54) is 0 Å². The van der Waals surface area contributed by atoms with E-state index in [4.69, 9.17) is 4.74 Å². The van der Waals surface area contributed by atoms with Crippen molar-refractivity contribution in [3.8, 4) is 5.88 Å². The summed E-state index contributed by atoms with van der Waals surface area (Å²) in [5.74, 6) is 0.499. The van der Waals surface area contributed by atoms with Crippen LogP contribution in [0, 0.1) is 5.41 Å². The molecule has 1 fully saturated rings. The normalized spacial score (nSPS) is 17.9. The van der Waals surface area contributed by atoms with Gasteiger partial charge in [0.15, 0.2) is 0 Å². The van der Waals surface area contributed by atoms with Crippen molar-refractivity contribution >= 4 is 5.91 Å². The number of pyridine rings is 1. The molecule has 128 valence electrons. The molecule has 1 atom stereocenters. The number of hydrogen-bond acceptors (Lipinski definition) is 5. The second kappa shape index (κ2) is 7.27. The Labute approximate surface area is 138 Å². The van der Waals surface area contributed by atoms with E-state index in [9.17, 15) is 9.90 Å². The van der Waals surface area contributed by atoms with Crippen LogP contribution in [-0.4, -0.2) is 71.7 Å². The highest BCUT2D eigenvalue weighted by Gasteiger charge is 2.27. The molecule has 1 aliphatic heterocycles. The molecule has 2 rings (SSSR count). The third-order valence-electron chi connectivity index (χ3n) is 4.28. The molecule has 0 aromatic carbocycles. The fourth-order valence-corrected chi connectivity index (χ4v) is 2.46. The fourth-order valence-electron chi connectivity index (χ4n) is 2.46. The maximum Gasteiger partial charge on any atom is 0.255 e. The van der Waals surface area contributed by atoms with Gasteiger partial charge in [-0.15, -0.1) is 0 Å². The Morgan fingerprint density at radius 2 is 1.96 bits per heavy atom. The summed E-state index contributed by atoms with van der Waals surface area (Å²) >= 11 is 0. The number of rotatable bonds is 4. The zero-order chi connectivity index (χ0) is 17.0. The predicted molar refractivity (Wildman–Crippen MR) is 88.6 cm³/mol. The molecule has 1 aliphatic rings. The van der Waals surface area contributed by atoms with Gasteiger partial charge in [0.1, 0.15) is 0 Å². The molecular weight excluding hydrogens is 294 g/mol. The summed E-state index contributed by atoms with van der Waals surface area (Å²) in [7, 11) is 1.55. The smallest absolute Gasteiger partial charge is 0.255 e. The van der Waals surface area contributed by atoms with E-state index in [0.717, 1.165) is 13.1 Å². The molecule has 6 nitrogen and oxygen atoms in total. The molecule has 0 bridgehead atoms. The molecule has 1 unspecified atom stereocenters. The monoisotopic (exact) mass is 321 g/mol. The van der Waals surface area contributed by atoms with E-state index in [2.05, 4.69) is 9.88 Å². The van der Waals surface area contributed by atoms with Crippen LogP contribution in [-0.2, 0) is 0 Å². The number of β-amino-alcohol motifs (C(OH)–C–C–N with tert-alkyl or cyclic N) is 1. The van der Waals surface area contributed by atoms with E-state index >= 15 is 0 Å². The van der Waals surface area contributed by atoms with Gasteiger partial charge in [0.25, 0.3) is 5.91 Å². The first kappa shape index (κ1) is 17.7. The van der Waals surface area contributed by atoms with Gasteiger partial charge in [0.2, 0.25) is 5.88 Å². The van der Waals surface area contributed by atoms with Gasteiger partial charge in [-0.25, -0.2) is 4.98 Å². The molecule has 2 heterocycles. The summed E-state index contributed by atoms with van der Waals surface area (Å²) in [6, 6.07) is 3.44. The minimum Gasteiger partial charge on any atom is -0.481 e. The number of ether oxygens (including phenoxy) is 1. The number of carbonyl (C=O) groups is 1. The summed E-state index contributed by atoms with van der Waals surface area (Å²) < 4.78 is 5.01. The summed E-state index contributed by atoms with van der Waals surface area (Å²) in [6.45, 7) is 9.65. The molecule has 0 spiro atoms. The number of nitrogens with zero attached hydrogens (tertiary/aromatic N) is 3. The minimum atomic E-state index is -0.365. The Hall–Kier alpha value is -1.66. The zero-order valence-electron chi connectivity index (χ0n) is 14.5. The lowest BCUT2D eigenvalue weighted by Gasteiger charge is -2.38. The second-order valence-electron chi connectivity index (χ2n) is 7.06. The number of hydrogen-bond donors (Lipinski definition) is 1. The van der Waals surface area contributed by atoms with Crippen molar-refractivity contribution in [3.05, 3.63) is 23.9 Å². The van der Waals surface area contributed by atoms with Crippen molar-refractivity contribution in [1.82, 2.24) is 14.8 Å². The molecule has 1 aromatic heterocycles. The quantitative estimate of drug-likeness (QED) is 0.904. The van der Waals surface area contributed by atoms with Gasteiger partial charge in [0.05, 0.1) is 18.8 Å². The van der Waals surface area contributed by atoms with Crippen LogP contribution in [0.4, 0.5) is 0 Å². The molecule has 1 aromatic rings. The Balaban J connectivity index is 1.87. The van der Waals surface area contributed by atoms with Gasteiger partial charge >= 0.3 is 0 Å². The maximum atomic E-state index is 12.5. The Morgan fingerprint density at radius 3 is 2.43 bits per heavy atom. The van der Waals surface area contributed by atoms with Crippen LogP contribution in [0.5, 0.6) is 5.88 Å². The first-order valence-electron chi connectivity index (χ1n) is 8.01. The number of aliphatic hydroxyl groups is 1. The Bertz CT molecular complexity index is 517. The van der Waals surface area contributed by atoms with E-state index in [0.29, 0.717) is 31.1 Å². The van der Waals surface area contributed by atoms with E-state index < -0.39 is 0 Å². The minimum absolute atomic E-state index is 0.00354. The standard InChI is InChI=1S/C17H27N3O3/c1-17(2,3)14(21)12-19-7-9-20(10-8-19)16(22)13-5-6-15(23-4)18-11-13/h5-6,11,14,21H,7-10,12H2,1-4H3. The van der Waals surface area contributed by atoms with Crippen LogP contribution in [0.15, 0.2) is 18.3 Å². The number of piperazine rings is 1. The van der Waals surface area contributed by atoms with Crippen LogP contribution in [0.1, 0.15) is 31.1 Å². The van der Waals surface area contributed by atoms with Gasteiger partial charge in [-0.3, -0.25) is 9.69 Å². The van der Waals surface area contributed by atoms with Crippen LogP contribution < -0.4 is 4.74 Å². The van der Waals surface area contributed by atoms with Crippen LogP contribution in [0.2, 0.25) is 0 Å². The first-order valence-corrected chi connectivity index (χ1v) is 8.01. The van der Waals surface area contributed by atoms with E-state index in [1.807, 2.05) is 25.7 Å². The molecule has 1 N–H and O–H groups in total. The van der Waals surface area contributed by atoms with Crippen molar-refractivity contribution in [3.63, 3.8) is 0 Å². The summed E-state index contributed by atoms with van der Waals surface area (Å²) in [4.78, 5) is 20.6. The number of aromatic nitrogens is 1. The van der Waals surface area contributed by atoms with Crippen molar-refractivity contribution in [1.29, 1.82) is 0 Å². The van der Waals surface area contributed by atoms with Gasteiger partial charge < -0.3 is 14.7 Å². The largest absolute Gasteiger partial charge is 0.481 e. The average molecular weight is 321 g/mol. The molecule has 1 amide bonds. The molecule has 0 aliphatic carbocycles. The fraction of sp³-hybridized carbons (Fsp3) is 0.647. The topological polar surface area (TPSA) is 65.9 Å². The second-order valence-corrected chi connectivity index (χ2v) is 7.06. The molecule has 0 saturated carbocycles. The number of methoxy groups -OCH3 is 1. The lowest BCUT2D eigenvalue weighted by molar-refractivity contribution is 0.0137. The van der Waals surface area contributed by atoms with E-state index in [1.54, 1.807) is 25.4 Å². The summed E-state index contributed by atoms with van der Waals surface area (Å²) in [6.07, 6.45) is 1.19. The van der Waals surface area contributed by atoms with Crippen molar-refractivity contribution in [2.45, 2.75) is 26.9 Å². The van der Waals surface area contributed by atoms with Gasteiger partial charge in [-0.2, -0.15) is 0 Å². The SMILES string of the molecule is COc1ccc(C(=O)N2CCN(CC(O)C(C)(C)C)CC2)cn1. The highest BCUT2D eigenvalue weighted by Crippen LogP contribution is 2.20. The Kier molecular flexibility index (Phi) is 5.59. The molecular formula is C17H27N3O3. The van der Waals surface area contributed by atoms with Crippen molar-refractivity contribution < 1.29 is 14.6 Å². The average Bonchev–Trinajstić information content (AvgIpc) is 2.54. The molecule has 23 heavy (non-hydrogen) atoms. The highest BCUT2D eigenvalue weighted by molar-refractivity contribution is 5.94. The highest BCUT2D eigenvalue weighted by atomic mass is 16.5. The van der Waals surface area contributed by atoms with Crippen LogP contribution in [0.3, 0.4) is 0 Å². The molecule has 6 heteroatoms. The van der Waals surface area contributed by atoms with Crippen LogP contribution >= 0.6 is 0 Å². The molecule has 0 radical (unpaired) electrons. The third kappa shape index (κ3) is 4.65. The van der Waals surface area contributed by atoms with Crippen molar-refractivity contribution in [2.24, 2.45) is 5.41 Å². The van der Waals surface area contributed by atoms with Gasteiger partial charge in [-0.05, 0) is 11.5 Å². The first-order chi connectivity index (χ1) is 10.8. The lowest BCUT2D eigenvalue weighted by atomic mass is 9.89. The Morgan fingerprint density at radius 1 is 1.30 bits per heavy atom. The van der Waals surface area contributed by atoms with Gasteiger partial charge in [0, 0.05) is 45.0 Å². The number of carbonyl (C=O) groups excluding carboxylic acids is 1. The zero-order valence-corrected chi connectivity index (χ0v) is 14.5. The summed E-state index contributed by atoms with van der Waals surface area (Å²) in [5, 5.41) is 10.2. The number of aliphatic hydroxyl groups excluding tert-OH is 1. The third-order valence-corrected chi connectivity index (χ3v) is 4.28. The summed E-state index contributed by atoms with van der Waals surface area (Å²) in [5.41, 5.74) is 0.454. The van der Waals surface area contributed by atoms with Crippen LogP contribution in [0.25, 0.3) is 0 Å². The predicted octanol–water partition coefficient (Wildman–Crippen LogP) is 1.25. The number of amides is 1.